The zero-order chi connectivity index (χ0) is 18.9. The van der Waals surface area contributed by atoms with Crippen LogP contribution in [0.2, 0.25) is 0 Å². The second kappa shape index (κ2) is 9.69. The summed E-state index contributed by atoms with van der Waals surface area (Å²) in [4.78, 5) is 29.0. The molecule has 1 aromatic heterocycles. The maximum Gasteiger partial charge on any atom is 0.336 e. The van der Waals surface area contributed by atoms with Gasteiger partial charge < -0.3 is 15.0 Å². The van der Waals surface area contributed by atoms with Crippen molar-refractivity contribution in [3.05, 3.63) is 77.9 Å². The van der Waals surface area contributed by atoms with Gasteiger partial charge in [0, 0.05) is 22.3 Å². The topological polar surface area (TPSA) is 107 Å². The van der Waals surface area contributed by atoms with Crippen LogP contribution < -0.4 is 10.1 Å². The zero-order valence-corrected chi connectivity index (χ0v) is 15.4. The van der Waals surface area contributed by atoms with Crippen molar-refractivity contribution in [3.8, 4) is 0 Å². The lowest BCUT2D eigenvalue weighted by molar-refractivity contribution is -0.376. The molecule has 3 rings (SSSR count). The smallest absolute Gasteiger partial charge is 0.336 e. The van der Waals surface area contributed by atoms with Gasteiger partial charge in [0.15, 0.2) is 0 Å². The van der Waals surface area contributed by atoms with E-state index in [1.54, 1.807) is 42.7 Å². The number of carboxylic acid groups (broad SMARTS) is 2. The fourth-order valence-electron chi connectivity index (χ4n) is 1.88. The molecular formula is C18H16N2O4S2. The Bertz CT molecular complexity index is 825. The number of aryl methyl sites for hydroxylation is 1. The number of carbonyl (C=O) groups excluding carboxylic acids is 1. The van der Waals surface area contributed by atoms with Gasteiger partial charge in [-0.05, 0) is 18.2 Å². The fraction of sp³-hybridized carbons (Fsp3) is 0.0556. The van der Waals surface area contributed by atoms with Crippen LogP contribution >= 0.6 is 21.6 Å². The summed E-state index contributed by atoms with van der Waals surface area (Å²) in [5.74, 6) is -2.26. The van der Waals surface area contributed by atoms with Crippen molar-refractivity contribution in [2.24, 2.45) is 0 Å². The van der Waals surface area contributed by atoms with Gasteiger partial charge in [-0.2, -0.15) is 0 Å². The van der Waals surface area contributed by atoms with Crippen LogP contribution in [0.15, 0.2) is 70.8 Å². The second-order valence-electron chi connectivity index (χ2n) is 5.03. The predicted octanol–water partition coefficient (Wildman–Crippen LogP) is 2.68. The van der Waals surface area contributed by atoms with Crippen LogP contribution in [0.1, 0.15) is 26.4 Å². The molecule has 8 heteroatoms. The van der Waals surface area contributed by atoms with Crippen LogP contribution in [-0.4, -0.2) is 22.0 Å². The first-order chi connectivity index (χ1) is 12.5. The van der Waals surface area contributed by atoms with Crippen molar-refractivity contribution in [1.29, 1.82) is 0 Å². The van der Waals surface area contributed by atoms with Gasteiger partial charge in [0.05, 0.1) is 11.5 Å². The minimum atomic E-state index is -1.25. The van der Waals surface area contributed by atoms with Gasteiger partial charge in [-0.15, -0.1) is 0 Å². The first-order valence-corrected chi connectivity index (χ1v) is 9.62. The molecule has 0 spiro atoms. The predicted molar refractivity (Wildman–Crippen MR) is 98.0 cm³/mol. The lowest BCUT2D eigenvalue weighted by atomic mass is 10.2. The lowest BCUT2D eigenvalue weighted by Gasteiger charge is -2.09. The number of carbonyl (C=O) groups is 2. The van der Waals surface area contributed by atoms with Crippen molar-refractivity contribution >= 4 is 33.5 Å². The first-order valence-electron chi connectivity index (χ1n) is 7.47. The molecule has 0 saturated heterocycles. The number of aromatic amines is 2. The number of rotatable bonds is 5. The molecule has 0 aliphatic heterocycles. The Morgan fingerprint density at radius 3 is 1.96 bits per heavy atom. The SMILES string of the molecule is Cc1c[nH+]c[nH]1.O=C([O-])c1ccccc1SSc1ccccc1C(=O)O. The molecule has 1 heterocycles. The second-order valence-corrected chi connectivity index (χ2v) is 7.25. The minimum Gasteiger partial charge on any atom is -0.545 e. The monoisotopic (exact) mass is 388 g/mol. The summed E-state index contributed by atoms with van der Waals surface area (Å²) in [5, 5.41) is 20.1. The average molecular weight is 388 g/mol. The third-order valence-electron chi connectivity index (χ3n) is 3.13. The van der Waals surface area contributed by atoms with Gasteiger partial charge in [-0.1, -0.05) is 51.9 Å². The van der Waals surface area contributed by atoms with E-state index in [0.717, 1.165) is 5.69 Å². The number of hydrogen-bond donors (Lipinski definition) is 2. The summed E-state index contributed by atoms with van der Waals surface area (Å²) in [7, 11) is 2.40. The normalized spacial score (nSPS) is 9.88. The summed E-state index contributed by atoms with van der Waals surface area (Å²) >= 11 is 0. The molecule has 0 atom stereocenters. The Morgan fingerprint density at radius 1 is 1.00 bits per heavy atom. The van der Waals surface area contributed by atoms with Gasteiger partial charge in [0.25, 0.3) is 0 Å². The number of aromatic carboxylic acids is 2. The average Bonchev–Trinajstić information content (AvgIpc) is 3.12. The number of imidazole rings is 1. The highest BCUT2D eigenvalue weighted by atomic mass is 33.1. The quantitative estimate of drug-likeness (QED) is 0.651. The van der Waals surface area contributed by atoms with E-state index in [0.29, 0.717) is 9.79 Å². The van der Waals surface area contributed by atoms with Gasteiger partial charge in [0.1, 0.15) is 11.9 Å². The molecule has 0 fully saturated rings. The van der Waals surface area contributed by atoms with Crippen LogP contribution in [0.3, 0.4) is 0 Å². The largest absolute Gasteiger partial charge is 0.545 e. The van der Waals surface area contributed by atoms with Crippen molar-refractivity contribution < 1.29 is 24.8 Å². The highest BCUT2D eigenvalue weighted by molar-refractivity contribution is 8.76. The number of carboxylic acids is 2. The maximum atomic E-state index is 11.1. The van der Waals surface area contributed by atoms with Crippen LogP contribution in [-0.2, 0) is 0 Å². The molecule has 0 amide bonds. The molecule has 0 bridgehead atoms. The molecule has 0 radical (unpaired) electrons. The van der Waals surface area contributed by atoms with Gasteiger partial charge in [-0.3, -0.25) is 4.98 Å². The van der Waals surface area contributed by atoms with E-state index in [1.807, 2.05) is 13.1 Å². The molecule has 3 N–H and O–H groups in total. The fourth-order valence-corrected chi connectivity index (χ4v) is 4.22. The molecule has 26 heavy (non-hydrogen) atoms. The van der Waals surface area contributed by atoms with E-state index < -0.39 is 11.9 Å². The Labute approximate surface area is 158 Å². The molecule has 0 aliphatic carbocycles. The van der Waals surface area contributed by atoms with Gasteiger partial charge in [-0.25, -0.2) is 9.78 Å². The van der Waals surface area contributed by atoms with Crippen molar-refractivity contribution in [1.82, 2.24) is 4.98 Å². The highest BCUT2D eigenvalue weighted by Crippen LogP contribution is 2.40. The highest BCUT2D eigenvalue weighted by Gasteiger charge is 2.11. The molecule has 6 nitrogen and oxygen atoms in total. The van der Waals surface area contributed by atoms with Gasteiger partial charge in [0.2, 0.25) is 6.33 Å². The number of H-pyrrole nitrogens is 2. The number of nitrogens with one attached hydrogen (secondary N) is 2. The molecular weight excluding hydrogens is 372 g/mol. The number of aromatic nitrogens is 2. The molecule has 0 saturated carbocycles. The standard InChI is InChI=1S/C14H10O4S2.C4H6N2/c15-13(16)9-5-1-3-7-11(9)19-20-12-8-4-2-6-10(12)14(17)18;1-4-2-5-3-6-4/h1-8H,(H,15,16)(H,17,18);2-3H,1H3,(H,5,6). The summed E-state index contributed by atoms with van der Waals surface area (Å²) in [6, 6.07) is 13.0. The van der Waals surface area contributed by atoms with Crippen LogP contribution in [0.4, 0.5) is 0 Å². The summed E-state index contributed by atoms with van der Waals surface area (Å²) in [5.41, 5.74) is 1.45. The van der Waals surface area contributed by atoms with Crippen LogP contribution in [0.25, 0.3) is 0 Å². The Hall–Kier alpha value is -2.71. The molecule has 2 aromatic carbocycles. The summed E-state index contributed by atoms with van der Waals surface area (Å²) < 4.78 is 0. The Morgan fingerprint density at radius 2 is 1.54 bits per heavy atom. The summed E-state index contributed by atoms with van der Waals surface area (Å²) in [6.07, 6.45) is 3.69. The third-order valence-corrected chi connectivity index (χ3v) is 5.61. The van der Waals surface area contributed by atoms with E-state index in [9.17, 15) is 14.7 Å². The molecule has 0 aliphatic rings. The van der Waals surface area contributed by atoms with Gasteiger partial charge >= 0.3 is 5.97 Å². The number of benzene rings is 2. The molecule has 134 valence electrons. The lowest BCUT2D eigenvalue weighted by Crippen LogP contribution is -2.22. The van der Waals surface area contributed by atoms with Crippen molar-refractivity contribution in [2.45, 2.75) is 16.7 Å². The van der Waals surface area contributed by atoms with E-state index >= 15 is 0 Å². The minimum absolute atomic E-state index is 0.0952. The summed E-state index contributed by atoms with van der Waals surface area (Å²) in [6.45, 7) is 2.00. The van der Waals surface area contributed by atoms with Crippen molar-refractivity contribution in [2.75, 3.05) is 0 Å². The Balaban J connectivity index is 0.000000342. The molecule has 3 aromatic rings. The zero-order valence-electron chi connectivity index (χ0n) is 13.8. The third kappa shape index (κ3) is 5.68. The van der Waals surface area contributed by atoms with E-state index in [2.05, 4.69) is 9.97 Å². The van der Waals surface area contributed by atoms with Crippen molar-refractivity contribution in [3.63, 3.8) is 0 Å². The maximum absolute atomic E-state index is 11.1. The van der Waals surface area contributed by atoms with E-state index in [1.165, 1.54) is 33.7 Å². The first kappa shape index (κ1) is 19.6. The number of hydrogen-bond acceptors (Lipinski definition) is 5. The van der Waals surface area contributed by atoms with E-state index in [-0.39, 0.29) is 11.1 Å². The Kier molecular flexibility index (Phi) is 7.31. The van der Waals surface area contributed by atoms with Crippen LogP contribution in [0, 0.1) is 6.92 Å². The van der Waals surface area contributed by atoms with Crippen LogP contribution in [0.5, 0.6) is 0 Å². The molecule has 0 unspecified atom stereocenters. The van der Waals surface area contributed by atoms with E-state index in [4.69, 9.17) is 5.11 Å².